The molecule has 1 atom stereocenters. The first-order valence-electron chi connectivity index (χ1n) is 5.97. The fraction of sp³-hybridized carbons (Fsp3) is 0.462. The first kappa shape index (κ1) is 11.4. The van der Waals surface area contributed by atoms with Crippen molar-refractivity contribution in [1.29, 1.82) is 0 Å². The Balaban J connectivity index is 1.92. The molecule has 4 heteroatoms. The monoisotopic (exact) mass is 264 g/mol. The average molecular weight is 264 g/mol. The van der Waals surface area contributed by atoms with Gasteiger partial charge in [0.15, 0.2) is 0 Å². The van der Waals surface area contributed by atoms with Crippen molar-refractivity contribution < 1.29 is 0 Å². The Labute approximate surface area is 110 Å². The molecule has 90 valence electrons. The summed E-state index contributed by atoms with van der Waals surface area (Å²) in [6.45, 7) is 4.25. The molecule has 0 amide bonds. The van der Waals surface area contributed by atoms with Crippen LogP contribution in [0.3, 0.4) is 0 Å². The maximum absolute atomic E-state index is 4.71. The Morgan fingerprint density at radius 2 is 2.24 bits per heavy atom. The van der Waals surface area contributed by atoms with Crippen LogP contribution in [0, 0.1) is 13.8 Å². The van der Waals surface area contributed by atoms with Gasteiger partial charge in [-0.1, -0.05) is 6.07 Å². The van der Waals surface area contributed by atoms with Crippen molar-refractivity contribution in [2.75, 3.05) is 0 Å². The molecule has 2 aromatic rings. The lowest BCUT2D eigenvalue weighted by Crippen LogP contribution is -2.23. The predicted octanol–water partition coefficient (Wildman–Crippen LogP) is 3.66. The molecule has 17 heavy (non-hydrogen) atoms. The van der Waals surface area contributed by atoms with Gasteiger partial charge in [-0.25, -0.2) is 4.98 Å². The summed E-state index contributed by atoms with van der Waals surface area (Å²) in [5, 5.41) is 7.07. The molecule has 0 saturated heterocycles. The molecule has 2 heterocycles. The molecule has 1 saturated carbocycles. The summed E-state index contributed by atoms with van der Waals surface area (Å²) in [4.78, 5) is 7.42. The molecule has 0 bridgehead atoms. The fourth-order valence-electron chi connectivity index (χ4n) is 1.84. The van der Waals surface area contributed by atoms with E-state index in [0.717, 1.165) is 0 Å². The molecule has 2 nitrogen and oxygen atoms in total. The maximum Gasteiger partial charge on any atom is 0.115 e. The molecular formula is C13H16N2S2. The zero-order chi connectivity index (χ0) is 11.8. The van der Waals surface area contributed by atoms with Crippen LogP contribution in [0.2, 0.25) is 0 Å². The van der Waals surface area contributed by atoms with Crippen molar-refractivity contribution in [2.45, 2.75) is 38.8 Å². The summed E-state index contributed by atoms with van der Waals surface area (Å²) in [6, 6.07) is 5.33. The SMILES string of the molecule is Cc1nc(C(NC2CC2)c2cccs2)sc1C. The highest BCUT2D eigenvalue weighted by Gasteiger charge is 2.28. The molecular weight excluding hydrogens is 248 g/mol. The smallest absolute Gasteiger partial charge is 0.115 e. The second kappa shape index (κ2) is 4.52. The molecule has 0 radical (unpaired) electrons. The van der Waals surface area contributed by atoms with Crippen LogP contribution < -0.4 is 5.32 Å². The first-order valence-corrected chi connectivity index (χ1v) is 7.67. The Morgan fingerprint density at radius 3 is 2.76 bits per heavy atom. The van der Waals surface area contributed by atoms with Crippen LogP contribution >= 0.6 is 22.7 Å². The Hall–Kier alpha value is -0.710. The van der Waals surface area contributed by atoms with E-state index in [4.69, 9.17) is 4.98 Å². The number of nitrogens with zero attached hydrogens (tertiary/aromatic N) is 1. The van der Waals surface area contributed by atoms with Gasteiger partial charge in [-0.2, -0.15) is 0 Å². The van der Waals surface area contributed by atoms with E-state index in [9.17, 15) is 0 Å². The second-order valence-corrected chi connectivity index (χ2v) is 6.80. The van der Waals surface area contributed by atoms with Gasteiger partial charge in [-0.15, -0.1) is 22.7 Å². The van der Waals surface area contributed by atoms with Crippen LogP contribution in [0.15, 0.2) is 17.5 Å². The van der Waals surface area contributed by atoms with Gasteiger partial charge in [0.1, 0.15) is 5.01 Å². The molecule has 3 rings (SSSR count). The van der Waals surface area contributed by atoms with Gasteiger partial charge in [-0.3, -0.25) is 0 Å². The van der Waals surface area contributed by atoms with E-state index in [1.165, 1.54) is 33.3 Å². The number of aryl methyl sites for hydroxylation is 2. The fourth-order valence-corrected chi connectivity index (χ4v) is 3.70. The maximum atomic E-state index is 4.71. The first-order chi connectivity index (χ1) is 8.24. The third-order valence-electron chi connectivity index (χ3n) is 3.10. The van der Waals surface area contributed by atoms with Crippen LogP contribution in [0.5, 0.6) is 0 Å². The van der Waals surface area contributed by atoms with E-state index in [-0.39, 0.29) is 0 Å². The average Bonchev–Trinajstić information content (AvgIpc) is 2.84. The van der Waals surface area contributed by atoms with Crippen LogP contribution in [-0.2, 0) is 0 Å². The summed E-state index contributed by atoms with van der Waals surface area (Å²) in [6.07, 6.45) is 2.62. The van der Waals surface area contributed by atoms with Gasteiger partial charge in [0.05, 0.1) is 11.7 Å². The number of nitrogens with one attached hydrogen (secondary N) is 1. The second-order valence-electron chi connectivity index (χ2n) is 4.58. The third-order valence-corrected chi connectivity index (χ3v) is 5.17. The number of aromatic nitrogens is 1. The van der Waals surface area contributed by atoms with Gasteiger partial charge in [0, 0.05) is 15.8 Å². The highest BCUT2D eigenvalue weighted by atomic mass is 32.1. The largest absolute Gasteiger partial charge is 0.301 e. The van der Waals surface area contributed by atoms with E-state index >= 15 is 0 Å². The number of hydrogen-bond donors (Lipinski definition) is 1. The lowest BCUT2D eigenvalue weighted by atomic mass is 10.2. The van der Waals surface area contributed by atoms with E-state index in [1.807, 2.05) is 22.7 Å². The number of hydrogen-bond acceptors (Lipinski definition) is 4. The Bertz CT molecular complexity index is 478. The van der Waals surface area contributed by atoms with Gasteiger partial charge in [0.2, 0.25) is 0 Å². The summed E-state index contributed by atoms with van der Waals surface area (Å²) < 4.78 is 0. The molecule has 0 aromatic carbocycles. The molecule has 1 aliphatic rings. The van der Waals surface area contributed by atoms with Crippen LogP contribution in [0.1, 0.15) is 39.3 Å². The normalized spacial score (nSPS) is 17.3. The van der Waals surface area contributed by atoms with Gasteiger partial charge >= 0.3 is 0 Å². The highest BCUT2D eigenvalue weighted by molar-refractivity contribution is 7.12. The third kappa shape index (κ3) is 2.44. The zero-order valence-electron chi connectivity index (χ0n) is 10.1. The summed E-state index contributed by atoms with van der Waals surface area (Å²) in [5.41, 5.74) is 1.17. The molecule has 1 aliphatic carbocycles. The minimum absolute atomic E-state index is 0.305. The summed E-state index contributed by atoms with van der Waals surface area (Å²) in [7, 11) is 0. The van der Waals surface area contributed by atoms with Crippen LogP contribution in [-0.4, -0.2) is 11.0 Å². The Kier molecular flexibility index (Phi) is 3.03. The van der Waals surface area contributed by atoms with E-state index in [0.29, 0.717) is 12.1 Å². The minimum atomic E-state index is 0.305. The van der Waals surface area contributed by atoms with E-state index < -0.39 is 0 Å². The molecule has 0 spiro atoms. The van der Waals surface area contributed by atoms with Crippen molar-refractivity contribution in [3.8, 4) is 0 Å². The number of thiazole rings is 1. The van der Waals surface area contributed by atoms with Crippen LogP contribution in [0.25, 0.3) is 0 Å². The van der Waals surface area contributed by atoms with Gasteiger partial charge in [-0.05, 0) is 38.1 Å². The van der Waals surface area contributed by atoms with Crippen molar-refractivity contribution >= 4 is 22.7 Å². The molecule has 1 N–H and O–H groups in total. The highest BCUT2D eigenvalue weighted by Crippen LogP contribution is 2.33. The van der Waals surface area contributed by atoms with Crippen molar-refractivity contribution in [2.24, 2.45) is 0 Å². The van der Waals surface area contributed by atoms with E-state index in [2.05, 4.69) is 36.7 Å². The lowest BCUT2D eigenvalue weighted by Gasteiger charge is -2.14. The van der Waals surface area contributed by atoms with Gasteiger partial charge in [0.25, 0.3) is 0 Å². The Morgan fingerprint density at radius 1 is 1.41 bits per heavy atom. The van der Waals surface area contributed by atoms with Crippen molar-refractivity contribution in [3.63, 3.8) is 0 Å². The van der Waals surface area contributed by atoms with Crippen LogP contribution in [0.4, 0.5) is 0 Å². The minimum Gasteiger partial charge on any atom is -0.301 e. The van der Waals surface area contributed by atoms with E-state index in [1.54, 1.807) is 0 Å². The molecule has 1 fully saturated rings. The van der Waals surface area contributed by atoms with Crippen molar-refractivity contribution in [3.05, 3.63) is 38.0 Å². The molecule has 2 aromatic heterocycles. The number of thiophene rings is 1. The topological polar surface area (TPSA) is 24.9 Å². The molecule has 0 aliphatic heterocycles. The zero-order valence-corrected chi connectivity index (χ0v) is 11.7. The van der Waals surface area contributed by atoms with Crippen molar-refractivity contribution in [1.82, 2.24) is 10.3 Å². The molecule has 1 unspecified atom stereocenters. The lowest BCUT2D eigenvalue weighted by molar-refractivity contribution is 0.605. The predicted molar refractivity (Wildman–Crippen MR) is 73.9 cm³/mol. The summed E-state index contributed by atoms with van der Waals surface area (Å²) >= 11 is 3.64. The standard InChI is InChI=1S/C13H16N2S2/c1-8-9(2)17-13(14-8)12(15-10-5-6-10)11-4-3-7-16-11/h3-4,7,10,12,15H,5-6H2,1-2H3. The van der Waals surface area contributed by atoms with Gasteiger partial charge < -0.3 is 5.32 Å². The summed E-state index contributed by atoms with van der Waals surface area (Å²) in [5.74, 6) is 0. The number of rotatable bonds is 4. The quantitative estimate of drug-likeness (QED) is 0.911.